The van der Waals surface area contributed by atoms with E-state index in [2.05, 4.69) is 20.5 Å². The van der Waals surface area contributed by atoms with Crippen molar-refractivity contribution in [2.75, 3.05) is 13.1 Å². The lowest BCUT2D eigenvalue weighted by atomic mass is 9.93. The highest BCUT2D eigenvalue weighted by Crippen LogP contribution is 2.22. The van der Waals surface area contributed by atoms with Gasteiger partial charge in [0.1, 0.15) is 5.69 Å². The first kappa shape index (κ1) is 20.6. The molecule has 1 saturated carbocycles. The van der Waals surface area contributed by atoms with Gasteiger partial charge in [0.05, 0.1) is 11.6 Å². The van der Waals surface area contributed by atoms with Gasteiger partial charge in [-0.25, -0.2) is 0 Å². The Morgan fingerprint density at radius 3 is 2.63 bits per heavy atom. The lowest BCUT2D eigenvalue weighted by molar-refractivity contribution is -0.127. The van der Waals surface area contributed by atoms with Crippen molar-refractivity contribution in [2.45, 2.75) is 63.8 Å². The molecule has 0 bridgehead atoms. The SMILES string of the molecule is O=C(NC1CCCCCCC1)[C@@H]1CCCN(C(=O)c2cc(-c3cccnc3)n[nH]2)C1. The summed E-state index contributed by atoms with van der Waals surface area (Å²) in [5.74, 6) is -0.117. The Morgan fingerprint density at radius 2 is 1.87 bits per heavy atom. The number of piperidine rings is 1. The molecule has 2 aromatic rings. The van der Waals surface area contributed by atoms with Crippen molar-refractivity contribution in [1.82, 2.24) is 25.4 Å². The minimum atomic E-state index is -0.131. The number of carbonyl (C=O) groups is 2. The van der Waals surface area contributed by atoms with Crippen LogP contribution in [0.2, 0.25) is 0 Å². The normalized spacial score (nSPS) is 20.9. The first-order valence-corrected chi connectivity index (χ1v) is 11.3. The number of rotatable bonds is 4. The Bertz CT molecular complexity index is 842. The van der Waals surface area contributed by atoms with Crippen LogP contribution in [0.5, 0.6) is 0 Å². The topological polar surface area (TPSA) is 91.0 Å². The molecule has 1 saturated heterocycles. The van der Waals surface area contributed by atoms with Gasteiger partial charge in [-0.2, -0.15) is 5.10 Å². The zero-order valence-electron chi connectivity index (χ0n) is 17.5. The standard InChI is InChI=1S/C23H31N5O2/c29-22(25-19-10-4-2-1-3-5-11-19)18-9-7-13-28(16-18)23(30)21-14-20(26-27-21)17-8-6-12-24-15-17/h6,8,12,14-15,18-19H,1-5,7,9-11,13,16H2,(H,25,29)(H,26,27)/t18-/m1/s1. The summed E-state index contributed by atoms with van der Waals surface area (Å²) in [6.07, 6.45) is 13.5. The van der Waals surface area contributed by atoms with E-state index in [4.69, 9.17) is 0 Å². The van der Waals surface area contributed by atoms with Gasteiger partial charge in [-0.1, -0.05) is 32.1 Å². The Kier molecular flexibility index (Phi) is 6.77. The molecule has 3 heterocycles. The van der Waals surface area contributed by atoms with Gasteiger partial charge in [-0.3, -0.25) is 19.7 Å². The lowest BCUT2D eigenvalue weighted by Gasteiger charge is -2.33. The average Bonchev–Trinajstić information content (AvgIpc) is 3.26. The molecule has 1 atom stereocenters. The molecular formula is C23H31N5O2. The molecule has 1 aliphatic heterocycles. The van der Waals surface area contributed by atoms with Crippen LogP contribution in [0.25, 0.3) is 11.3 Å². The third-order valence-electron chi connectivity index (χ3n) is 6.30. The summed E-state index contributed by atoms with van der Waals surface area (Å²) in [6, 6.07) is 5.81. The largest absolute Gasteiger partial charge is 0.353 e. The number of likely N-dealkylation sites (tertiary alicyclic amines) is 1. The monoisotopic (exact) mass is 409 g/mol. The van der Waals surface area contributed by atoms with Crippen molar-refractivity contribution in [3.05, 3.63) is 36.3 Å². The maximum absolute atomic E-state index is 13.0. The quantitative estimate of drug-likeness (QED) is 0.808. The second-order valence-electron chi connectivity index (χ2n) is 8.55. The minimum Gasteiger partial charge on any atom is -0.353 e. The van der Waals surface area contributed by atoms with Crippen molar-refractivity contribution >= 4 is 11.8 Å². The summed E-state index contributed by atoms with van der Waals surface area (Å²) in [7, 11) is 0. The van der Waals surface area contributed by atoms with Crippen molar-refractivity contribution in [2.24, 2.45) is 5.92 Å². The Labute approximate surface area is 177 Å². The number of nitrogens with one attached hydrogen (secondary N) is 2. The maximum atomic E-state index is 13.0. The van der Waals surface area contributed by atoms with Gasteiger partial charge in [0.15, 0.2) is 0 Å². The van der Waals surface area contributed by atoms with E-state index < -0.39 is 0 Å². The van der Waals surface area contributed by atoms with E-state index in [-0.39, 0.29) is 17.7 Å². The minimum absolute atomic E-state index is 0.0962. The highest BCUT2D eigenvalue weighted by atomic mass is 16.2. The lowest BCUT2D eigenvalue weighted by Crippen LogP contribution is -2.47. The molecule has 0 spiro atoms. The molecule has 4 rings (SSSR count). The van der Waals surface area contributed by atoms with Gasteiger partial charge in [0.2, 0.25) is 5.91 Å². The molecule has 30 heavy (non-hydrogen) atoms. The average molecular weight is 410 g/mol. The van der Waals surface area contributed by atoms with Gasteiger partial charge in [-0.05, 0) is 43.9 Å². The van der Waals surface area contributed by atoms with Crippen molar-refractivity contribution in [3.8, 4) is 11.3 Å². The van der Waals surface area contributed by atoms with E-state index in [1.54, 1.807) is 23.4 Å². The Morgan fingerprint density at radius 1 is 1.07 bits per heavy atom. The maximum Gasteiger partial charge on any atom is 0.271 e. The number of hydrogen-bond donors (Lipinski definition) is 2. The fraction of sp³-hybridized carbons (Fsp3) is 0.565. The van der Waals surface area contributed by atoms with Gasteiger partial charge < -0.3 is 10.2 Å². The van der Waals surface area contributed by atoms with Crippen LogP contribution in [0.1, 0.15) is 68.3 Å². The number of carbonyl (C=O) groups excluding carboxylic acids is 2. The number of aromatic amines is 1. The Hall–Kier alpha value is -2.70. The summed E-state index contributed by atoms with van der Waals surface area (Å²) in [4.78, 5) is 31.8. The second-order valence-corrected chi connectivity index (χ2v) is 8.55. The van der Waals surface area contributed by atoms with Crippen LogP contribution >= 0.6 is 0 Å². The zero-order valence-corrected chi connectivity index (χ0v) is 17.5. The molecule has 2 aliphatic rings. The fourth-order valence-electron chi connectivity index (χ4n) is 4.56. The van der Waals surface area contributed by atoms with Crippen LogP contribution in [-0.4, -0.2) is 51.0 Å². The number of H-pyrrole nitrogens is 1. The summed E-state index contributed by atoms with van der Waals surface area (Å²) < 4.78 is 0. The summed E-state index contributed by atoms with van der Waals surface area (Å²) in [5, 5.41) is 10.4. The number of nitrogens with zero attached hydrogens (tertiary/aromatic N) is 3. The first-order valence-electron chi connectivity index (χ1n) is 11.3. The van der Waals surface area contributed by atoms with Crippen LogP contribution in [-0.2, 0) is 4.79 Å². The van der Waals surface area contributed by atoms with Crippen molar-refractivity contribution < 1.29 is 9.59 Å². The van der Waals surface area contributed by atoms with Crippen LogP contribution in [0.15, 0.2) is 30.6 Å². The van der Waals surface area contributed by atoms with Crippen LogP contribution in [0.3, 0.4) is 0 Å². The third-order valence-corrected chi connectivity index (χ3v) is 6.30. The van der Waals surface area contributed by atoms with Gasteiger partial charge in [0.25, 0.3) is 5.91 Å². The molecule has 1 aliphatic carbocycles. The van der Waals surface area contributed by atoms with E-state index in [9.17, 15) is 9.59 Å². The van der Waals surface area contributed by atoms with Gasteiger partial charge in [-0.15, -0.1) is 0 Å². The van der Waals surface area contributed by atoms with Crippen molar-refractivity contribution in [1.29, 1.82) is 0 Å². The number of hydrogen-bond acceptors (Lipinski definition) is 4. The van der Waals surface area contributed by atoms with Crippen LogP contribution in [0.4, 0.5) is 0 Å². The summed E-state index contributed by atoms with van der Waals surface area (Å²) in [5.41, 5.74) is 2.01. The summed E-state index contributed by atoms with van der Waals surface area (Å²) >= 11 is 0. The predicted octanol–water partition coefficient (Wildman–Crippen LogP) is 3.55. The van der Waals surface area contributed by atoms with E-state index in [1.165, 1.54) is 32.1 Å². The molecule has 0 aromatic carbocycles. The highest BCUT2D eigenvalue weighted by molar-refractivity contribution is 5.94. The number of aromatic nitrogens is 3. The molecule has 0 radical (unpaired) electrons. The third kappa shape index (κ3) is 5.07. The van der Waals surface area contributed by atoms with E-state index in [1.807, 2.05) is 12.1 Å². The molecule has 2 N–H and O–H groups in total. The summed E-state index contributed by atoms with van der Waals surface area (Å²) in [6.45, 7) is 1.14. The van der Waals surface area contributed by atoms with Crippen LogP contribution < -0.4 is 5.32 Å². The molecule has 2 fully saturated rings. The second kappa shape index (κ2) is 9.87. The molecule has 0 unspecified atom stereocenters. The van der Waals surface area contributed by atoms with Crippen molar-refractivity contribution in [3.63, 3.8) is 0 Å². The predicted molar refractivity (Wildman–Crippen MR) is 115 cm³/mol. The zero-order chi connectivity index (χ0) is 20.8. The van der Waals surface area contributed by atoms with E-state index >= 15 is 0 Å². The number of amides is 2. The molecule has 7 nitrogen and oxygen atoms in total. The first-order chi connectivity index (χ1) is 14.7. The highest BCUT2D eigenvalue weighted by Gasteiger charge is 2.30. The van der Waals surface area contributed by atoms with E-state index in [0.717, 1.165) is 31.2 Å². The molecule has 2 aromatic heterocycles. The number of pyridine rings is 1. The van der Waals surface area contributed by atoms with Gasteiger partial charge in [0, 0.05) is 37.1 Å². The molecule has 7 heteroatoms. The molecular weight excluding hydrogens is 378 g/mol. The Balaban J connectivity index is 1.35. The fourth-order valence-corrected chi connectivity index (χ4v) is 4.56. The smallest absolute Gasteiger partial charge is 0.271 e. The van der Waals surface area contributed by atoms with Gasteiger partial charge >= 0.3 is 0 Å². The molecule has 2 amide bonds. The van der Waals surface area contributed by atoms with E-state index in [0.29, 0.717) is 30.5 Å². The molecule has 160 valence electrons. The van der Waals surface area contributed by atoms with Crippen LogP contribution in [0, 0.1) is 5.92 Å².